The first-order valence-electron chi connectivity index (χ1n) is 8.63. The van der Waals surface area contributed by atoms with E-state index in [1.54, 1.807) is 23.1 Å². The second kappa shape index (κ2) is 6.89. The van der Waals surface area contributed by atoms with E-state index >= 15 is 0 Å². The van der Waals surface area contributed by atoms with Crippen LogP contribution in [-0.4, -0.2) is 39.8 Å². The normalized spacial score (nSPS) is 17.7. The fourth-order valence-corrected chi connectivity index (χ4v) is 4.69. The van der Waals surface area contributed by atoms with Crippen LogP contribution in [0.1, 0.15) is 29.0 Å². The predicted molar refractivity (Wildman–Crippen MR) is 105 cm³/mol. The third-order valence-electron chi connectivity index (χ3n) is 4.62. The molecule has 1 aliphatic heterocycles. The highest BCUT2D eigenvalue weighted by atomic mass is 35.5. The number of piperidine rings is 1. The van der Waals surface area contributed by atoms with Crippen LogP contribution >= 0.6 is 22.9 Å². The van der Waals surface area contributed by atoms with Crippen molar-refractivity contribution >= 4 is 44.2 Å². The molecule has 3 aromatic rings. The van der Waals surface area contributed by atoms with Crippen molar-refractivity contribution in [3.8, 4) is 0 Å². The largest absolute Gasteiger partial charge is 0.346 e. The smallest absolute Gasteiger partial charge is 0.269 e. The van der Waals surface area contributed by atoms with Gasteiger partial charge < -0.3 is 10.2 Å². The molecule has 0 radical (unpaired) electrons. The summed E-state index contributed by atoms with van der Waals surface area (Å²) in [7, 11) is 1.79. The summed E-state index contributed by atoms with van der Waals surface area (Å²) in [4.78, 5) is 19.5. The highest BCUT2D eigenvalue weighted by Gasteiger charge is 2.25. The lowest BCUT2D eigenvalue weighted by atomic mass is 10.1. The molecule has 1 N–H and O–H groups in total. The number of carbonyl (C=O) groups excluding carboxylic acids is 1. The first kappa shape index (κ1) is 17.3. The van der Waals surface area contributed by atoms with Crippen LogP contribution in [0.5, 0.6) is 0 Å². The second-order valence-corrected chi connectivity index (χ2v) is 8.05. The maximum Gasteiger partial charge on any atom is 0.269 e. The third kappa shape index (κ3) is 3.29. The number of hydrogen-bond acceptors (Lipinski definition) is 5. The van der Waals surface area contributed by atoms with Crippen LogP contribution in [0.25, 0.3) is 10.2 Å². The minimum absolute atomic E-state index is 0.0766. The van der Waals surface area contributed by atoms with Crippen molar-refractivity contribution < 1.29 is 4.79 Å². The summed E-state index contributed by atoms with van der Waals surface area (Å²) < 4.78 is 2.71. The van der Waals surface area contributed by atoms with Crippen molar-refractivity contribution in [2.75, 3.05) is 18.0 Å². The van der Waals surface area contributed by atoms with Gasteiger partial charge >= 0.3 is 0 Å². The number of nitrogens with one attached hydrogen (secondary N) is 1. The first-order valence-corrected chi connectivity index (χ1v) is 9.82. The van der Waals surface area contributed by atoms with Crippen molar-refractivity contribution in [1.29, 1.82) is 0 Å². The van der Waals surface area contributed by atoms with Gasteiger partial charge in [-0.2, -0.15) is 5.10 Å². The van der Waals surface area contributed by atoms with Gasteiger partial charge in [-0.05, 0) is 38.0 Å². The maximum atomic E-state index is 12.6. The van der Waals surface area contributed by atoms with E-state index in [-0.39, 0.29) is 11.9 Å². The van der Waals surface area contributed by atoms with Crippen molar-refractivity contribution in [2.24, 2.45) is 7.05 Å². The summed E-state index contributed by atoms with van der Waals surface area (Å²) in [6.07, 6.45) is 1.98. The van der Waals surface area contributed by atoms with Gasteiger partial charge in [0.1, 0.15) is 11.2 Å². The number of benzene rings is 1. The van der Waals surface area contributed by atoms with E-state index in [4.69, 9.17) is 16.6 Å². The molecule has 6 nitrogen and oxygen atoms in total. The number of aryl methyl sites for hydroxylation is 2. The van der Waals surface area contributed by atoms with Crippen LogP contribution in [0, 0.1) is 6.92 Å². The number of anilines is 1. The molecule has 26 heavy (non-hydrogen) atoms. The van der Waals surface area contributed by atoms with Gasteiger partial charge in [-0.15, -0.1) is 0 Å². The fourth-order valence-electron chi connectivity index (χ4n) is 3.39. The minimum atomic E-state index is -0.0766. The lowest BCUT2D eigenvalue weighted by Gasteiger charge is -2.32. The zero-order chi connectivity index (χ0) is 18.3. The fraction of sp³-hybridized carbons (Fsp3) is 0.389. The molecule has 0 aliphatic carbocycles. The zero-order valence-corrected chi connectivity index (χ0v) is 16.3. The first-order chi connectivity index (χ1) is 12.5. The maximum absolute atomic E-state index is 12.6. The highest BCUT2D eigenvalue weighted by molar-refractivity contribution is 7.22. The molecule has 0 bridgehead atoms. The summed E-state index contributed by atoms with van der Waals surface area (Å²) in [5.41, 5.74) is 2.28. The average Bonchev–Trinajstić information content (AvgIpc) is 3.19. The number of carbonyl (C=O) groups is 1. The Morgan fingerprint density at radius 2 is 2.27 bits per heavy atom. The summed E-state index contributed by atoms with van der Waals surface area (Å²) >= 11 is 7.90. The Morgan fingerprint density at radius 3 is 3.00 bits per heavy atom. The summed E-state index contributed by atoms with van der Waals surface area (Å²) in [6, 6.07) is 7.75. The van der Waals surface area contributed by atoms with Crippen LogP contribution in [0.3, 0.4) is 0 Å². The molecule has 4 rings (SSSR count). The number of halogens is 1. The van der Waals surface area contributed by atoms with Crippen LogP contribution in [-0.2, 0) is 7.05 Å². The molecular formula is C18H20ClN5OS. The monoisotopic (exact) mass is 389 g/mol. The molecule has 1 aromatic carbocycles. The van der Waals surface area contributed by atoms with Crippen molar-refractivity contribution in [1.82, 2.24) is 20.1 Å². The molecule has 3 heterocycles. The predicted octanol–water partition coefficient (Wildman–Crippen LogP) is 3.39. The van der Waals surface area contributed by atoms with Gasteiger partial charge in [0.25, 0.3) is 5.91 Å². The van der Waals surface area contributed by atoms with Gasteiger partial charge in [-0.3, -0.25) is 9.48 Å². The quantitative estimate of drug-likeness (QED) is 0.745. The molecule has 8 heteroatoms. The van der Waals surface area contributed by atoms with E-state index in [9.17, 15) is 4.79 Å². The molecule has 2 aromatic heterocycles. The zero-order valence-electron chi connectivity index (χ0n) is 14.7. The molecule has 1 fully saturated rings. The number of thiazole rings is 1. The number of aromatic nitrogens is 3. The topological polar surface area (TPSA) is 63.1 Å². The Bertz CT molecular complexity index is 966. The van der Waals surface area contributed by atoms with Gasteiger partial charge in [-0.25, -0.2) is 4.98 Å². The Morgan fingerprint density at radius 1 is 1.42 bits per heavy atom. The molecule has 0 spiro atoms. The molecule has 136 valence electrons. The van der Waals surface area contributed by atoms with Crippen molar-refractivity contribution in [2.45, 2.75) is 25.8 Å². The van der Waals surface area contributed by atoms with E-state index in [1.165, 1.54) is 0 Å². The van der Waals surface area contributed by atoms with E-state index in [2.05, 4.69) is 15.3 Å². The number of fused-ring (bicyclic) bond motifs is 1. The van der Waals surface area contributed by atoms with Gasteiger partial charge in [0.2, 0.25) is 0 Å². The van der Waals surface area contributed by atoms with Crippen molar-refractivity contribution in [3.63, 3.8) is 0 Å². The summed E-state index contributed by atoms with van der Waals surface area (Å²) in [5.74, 6) is -0.0766. The van der Waals surface area contributed by atoms with E-state index < -0.39 is 0 Å². The third-order valence-corrected chi connectivity index (χ3v) is 6.01. The number of rotatable bonds is 3. The number of para-hydroxylation sites is 1. The van der Waals surface area contributed by atoms with Crippen molar-refractivity contribution in [3.05, 3.63) is 40.7 Å². The number of amides is 1. The summed E-state index contributed by atoms with van der Waals surface area (Å²) in [5, 5.41) is 9.03. The SMILES string of the molecule is Cc1cc(C(=O)NC2CCCN(c3nc4c(Cl)cccc4s3)C2)n(C)n1. The second-order valence-electron chi connectivity index (χ2n) is 6.64. The van der Waals surface area contributed by atoms with Gasteiger partial charge in [0, 0.05) is 26.2 Å². The molecule has 1 unspecified atom stereocenters. The Hall–Kier alpha value is -2.12. The molecule has 1 aliphatic rings. The van der Waals surface area contributed by atoms with Crippen LogP contribution in [0.15, 0.2) is 24.3 Å². The van der Waals surface area contributed by atoms with Gasteiger partial charge in [0.05, 0.1) is 15.4 Å². The summed E-state index contributed by atoms with van der Waals surface area (Å²) in [6.45, 7) is 3.58. The number of hydrogen-bond donors (Lipinski definition) is 1. The van der Waals surface area contributed by atoms with E-state index in [1.807, 2.05) is 31.2 Å². The van der Waals surface area contributed by atoms with Gasteiger partial charge in [-0.1, -0.05) is 29.0 Å². The molecule has 0 saturated carbocycles. The van der Waals surface area contributed by atoms with E-state index in [0.29, 0.717) is 10.7 Å². The lowest BCUT2D eigenvalue weighted by Crippen LogP contribution is -2.48. The lowest BCUT2D eigenvalue weighted by molar-refractivity contribution is 0.0923. The standard InChI is InChI=1S/C18H20ClN5OS/c1-11-9-14(23(2)22-11)17(25)20-12-5-4-8-24(10-12)18-21-16-13(19)6-3-7-15(16)26-18/h3,6-7,9,12H,4-5,8,10H2,1-2H3,(H,20,25). The average molecular weight is 390 g/mol. The molecule has 1 saturated heterocycles. The molecule has 1 amide bonds. The van der Waals surface area contributed by atoms with E-state index in [0.717, 1.165) is 47.0 Å². The van der Waals surface area contributed by atoms with Gasteiger partial charge in [0.15, 0.2) is 5.13 Å². The van der Waals surface area contributed by atoms with Crippen LogP contribution in [0.2, 0.25) is 5.02 Å². The van der Waals surface area contributed by atoms with Crippen LogP contribution < -0.4 is 10.2 Å². The Kier molecular flexibility index (Phi) is 4.58. The molecule has 1 atom stereocenters. The molecular weight excluding hydrogens is 370 g/mol. The number of nitrogens with zero attached hydrogens (tertiary/aromatic N) is 4. The Labute approximate surface area is 160 Å². The minimum Gasteiger partial charge on any atom is -0.346 e. The Balaban J connectivity index is 1.49. The van der Waals surface area contributed by atoms with Crippen LogP contribution in [0.4, 0.5) is 5.13 Å². The highest BCUT2D eigenvalue weighted by Crippen LogP contribution is 2.33.